The molecular formula is C22H22ClN3O3. The second-order valence-electron chi connectivity index (χ2n) is 6.69. The van der Waals surface area contributed by atoms with Crippen LogP contribution in [0.2, 0.25) is 5.02 Å². The third-order valence-electron chi connectivity index (χ3n) is 4.50. The Hall–Kier alpha value is -3.12. The van der Waals surface area contributed by atoms with Crippen LogP contribution in [0.4, 0.5) is 0 Å². The summed E-state index contributed by atoms with van der Waals surface area (Å²) in [7, 11) is 0. The summed E-state index contributed by atoms with van der Waals surface area (Å²) in [6.45, 7) is 3.81. The Morgan fingerprint density at radius 3 is 2.38 bits per heavy atom. The number of carbonyl (C=O) groups is 2. The number of aryl methyl sites for hydroxylation is 2. The molecule has 3 rings (SSSR count). The first-order valence-corrected chi connectivity index (χ1v) is 9.61. The number of oxazole rings is 1. The van der Waals surface area contributed by atoms with Crippen molar-refractivity contribution >= 4 is 23.4 Å². The summed E-state index contributed by atoms with van der Waals surface area (Å²) < 4.78 is 5.50. The van der Waals surface area contributed by atoms with Gasteiger partial charge in [0.1, 0.15) is 11.8 Å². The predicted molar refractivity (Wildman–Crippen MR) is 111 cm³/mol. The molecule has 150 valence electrons. The summed E-state index contributed by atoms with van der Waals surface area (Å²) >= 11 is 5.88. The van der Waals surface area contributed by atoms with Crippen LogP contribution in [0, 0.1) is 13.8 Å². The summed E-state index contributed by atoms with van der Waals surface area (Å²) in [4.78, 5) is 29.7. The minimum Gasteiger partial charge on any atom is -0.444 e. The zero-order chi connectivity index (χ0) is 20.8. The van der Waals surface area contributed by atoms with E-state index >= 15 is 0 Å². The summed E-state index contributed by atoms with van der Waals surface area (Å²) in [6, 6.07) is 15.3. The van der Waals surface area contributed by atoms with E-state index in [1.807, 2.05) is 44.2 Å². The standard InChI is InChI=1S/C22H22ClN3O3/c1-14-15(2)29-20(25-14)13-24-22(28)19(12-16-6-4-3-5-7-16)26-21(27)17-8-10-18(23)11-9-17/h3-11,19H,12-13H2,1-2H3,(H,24,28)(H,26,27). The first-order chi connectivity index (χ1) is 13.9. The Balaban J connectivity index is 1.71. The minimum atomic E-state index is -0.752. The lowest BCUT2D eigenvalue weighted by molar-refractivity contribution is -0.123. The highest BCUT2D eigenvalue weighted by atomic mass is 35.5. The number of amides is 2. The summed E-state index contributed by atoms with van der Waals surface area (Å²) in [6.07, 6.45) is 0.357. The normalized spacial score (nSPS) is 11.7. The van der Waals surface area contributed by atoms with Gasteiger partial charge in [0, 0.05) is 17.0 Å². The van der Waals surface area contributed by atoms with Gasteiger partial charge >= 0.3 is 0 Å². The van der Waals surface area contributed by atoms with E-state index in [1.165, 1.54) is 0 Å². The molecule has 6 nitrogen and oxygen atoms in total. The van der Waals surface area contributed by atoms with Crippen LogP contribution in [0.15, 0.2) is 59.0 Å². The van der Waals surface area contributed by atoms with E-state index in [1.54, 1.807) is 24.3 Å². The Kier molecular flexibility index (Phi) is 6.67. The van der Waals surface area contributed by atoms with E-state index < -0.39 is 6.04 Å². The van der Waals surface area contributed by atoms with Gasteiger partial charge in [-0.1, -0.05) is 41.9 Å². The van der Waals surface area contributed by atoms with Gasteiger partial charge in [-0.15, -0.1) is 0 Å². The lowest BCUT2D eigenvalue weighted by Crippen LogP contribution is -2.47. The fourth-order valence-electron chi connectivity index (χ4n) is 2.80. The fraction of sp³-hybridized carbons (Fsp3) is 0.227. The van der Waals surface area contributed by atoms with Crippen molar-refractivity contribution < 1.29 is 14.0 Å². The lowest BCUT2D eigenvalue weighted by atomic mass is 10.0. The van der Waals surface area contributed by atoms with Crippen molar-refractivity contribution in [2.45, 2.75) is 32.9 Å². The number of hydrogen-bond acceptors (Lipinski definition) is 4. The highest BCUT2D eigenvalue weighted by Crippen LogP contribution is 2.11. The number of halogens is 1. The Morgan fingerprint density at radius 2 is 1.76 bits per heavy atom. The highest BCUT2D eigenvalue weighted by molar-refractivity contribution is 6.30. The molecule has 2 aromatic carbocycles. The van der Waals surface area contributed by atoms with E-state index in [2.05, 4.69) is 15.6 Å². The van der Waals surface area contributed by atoms with Crippen molar-refractivity contribution in [1.29, 1.82) is 0 Å². The van der Waals surface area contributed by atoms with E-state index in [-0.39, 0.29) is 18.4 Å². The van der Waals surface area contributed by atoms with Crippen LogP contribution in [0.25, 0.3) is 0 Å². The zero-order valence-corrected chi connectivity index (χ0v) is 17.0. The first-order valence-electron chi connectivity index (χ1n) is 9.23. The number of rotatable bonds is 7. The average Bonchev–Trinajstić information content (AvgIpc) is 3.04. The number of hydrogen-bond donors (Lipinski definition) is 2. The average molecular weight is 412 g/mol. The topological polar surface area (TPSA) is 84.2 Å². The Bertz CT molecular complexity index is 965. The van der Waals surface area contributed by atoms with Gasteiger partial charge in [-0.3, -0.25) is 9.59 Å². The molecule has 2 amide bonds. The molecule has 0 aliphatic carbocycles. The molecule has 2 N–H and O–H groups in total. The van der Waals surface area contributed by atoms with Gasteiger partial charge in [-0.25, -0.2) is 4.98 Å². The highest BCUT2D eigenvalue weighted by Gasteiger charge is 2.22. The quantitative estimate of drug-likeness (QED) is 0.622. The van der Waals surface area contributed by atoms with Gasteiger partial charge in [-0.2, -0.15) is 0 Å². The van der Waals surface area contributed by atoms with Gasteiger partial charge in [-0.05, 0) is 43.7 Å². The number of carbonyl (C=O) groups excluding carboxylic acids is 2. The first kappa shape index (κ1) is 20.6. The molecular weight excluding hydrogens is 390 g/mol. The zero-order valence-electron chi connectivity index (χ0n) is 16.2. The van der Waals surface area contributed by atoms with E-state index in [0.29, 0.717) is 28.7 Å². The van der Waals surface area contributed by atoms with Crippen molar-refractivity contribution in [3.8, 4) is 0 Å². The molecule has 0 aliphatic heterocycles. The molecule has 0 bridgehead atoms. The molecule has 0 aliphatic rings. The SMILES string of the molecule is Cc1nc(CNC(=O)C(Cc2ccccc2)NC(=O)c2ccc(Cl)cc2)oc1C. The molecule has 0 saturated heterocycles. The monoisotopic (exact) mass is 411 g/mol. The molecule has 0 fully saturated rings. The van der Waals surface area contributed by atoms with Crippen LogP contribution < -0.4 is 10.6 Å². The van der Waals surface area contributed by atoms with E-state index in [4.69, 9.17) is 16.0 Å². The maximum Gasteiger partial charge on any atom is 0.251 e. The van der Waals surface area contributed by atoms with Gasteiger partial charge in [0.25, 0.3) is 5.91 Å². The summed E-state index contributed by atoms with van der Waals surface area (Å²) in [5.41, 5.74) is 2.15. The van der Waals surface area contributed by atoms with Crippen LogP contribution in [-0.4, -0.2) is 22.8 Å². The number of benzene rings is 2. The third kappa shape index (κ3) is 5.68. The van der Waals surface area contributed by atoms with Crippen LogP contribution >= 0.6 is 11.6 Å². The number of aromatic nitrogens is 1. The smallest absolute Gasteiger partial charge is 0.251 e. The Labute approximate surface area is 174 Å². The summed E-state index contributed by atoms with van der Waals surface area (Å²) in [5.74, 6) is 0.479. The van der Waals surface area contributed by atoms with Crippen molar-refractivity contribution in [3.63, 3.8) is 0 Å². The maximum absolute atomic E-state index is 12.8. The van der Waals surface area contributed by atoms with E-state index in [0.717, 1.165) is 11.3 Å². The van der Waals surface area contributed by atoms with Crippen molar-refractivity contribution in [2.24, 2.45) is 0 Å². The van der Waals surface area contributed by atoms with Crippen molar-refractivity contribution in [2.75, 3.05) is 0 Å². The van der Waals surface area contributed by atoms with Crippen molar-refractivity contribution in [3.05, 3.63) is 88.1 Å². The molecule has 3 aromatic rings. The Morgan fingerprint density at radius 1 is 1.07 bits per heavy atom. The molecule has 0 spiro atoms. The maximum atomic E-state index is 12.8. The molecule has 29 heavy (non-hydrogen) atoms. The molecule has 7 heteroatoms. The van der Waals surface area contributed by atoms with Gasteiger partial charge in [0.15, 0.2) is 0 Å². The molecule has 1 heterocycles. The number of nitrogens with one attached hydrogen (secondary N) is 2. The van der Waals surface area contributed by atoms with Crippen molar-refractivity contribution in [1.82, 2.24) is 15.6 Å². The number of nitrogens with zero attached hydrogens (tertiary/aromatic N) is 1. The largest absolute Gasteiger partial charge is 0.444 e. The summed E-state index contributed by atoms with van der Waals surface area (Å²) in [5, 5.41) is 6.14. The van der Waals surface area contributed by atoms with Crippen LogP contribution in [0.1, 0.15) is 33.3 Å². The van der Waals surface area contributed by atoms with Gasteiger partial charge < -0.3 is 15.1 Å². The second kappa shape index (κ2) is 9.39. The van der Waals surface area contributed by atoms with Gasteiger partial charge in [0.05, 0.1) is 12.2 Å². The predicted octanol–water partition coefficient (Wildman–Crippen LogP) is 3.60. The van der Waals surface area contributed by atoms with Gasteiger partial charge in [0.2, 0.25) is 11.8 Å². The van der Waals surface area contributed by atoms with Crippen LogP contribution in [0.5, 0.6) is 0 Å². The fourth-order valence-corrected chi connectivity index (χ4v) is 2.93. The molecule has 0 radical (unpaired) electrons. The molecule has 0 saturated carbocycles. The van der Waals surface area contributed by atoms with Crippen LogP contribution in [-0.2, 0) is 17.8 Å². The third-order valence-corrected chi connectivity index (χ3v) is 4.75. The molecule has 1 atom stereocenters. The second-order valence-corrected chi connectivity index (χ2v) is 7.13. The molecule has 1 aromatic heterocycles. The minimum absolute atomic E-state index is 0.148. The van der Waals surface area contributed by atoms with Crippen LogP contribution in [0.3, 0.4) is 0 Å². The lowest BCUT2D eigenvalue weighted by Gasteiger charge is -2.18. The van der Waals surface area contributed by atoms with E-state index in [9.17, 15) is 9.59 Å². The molecule has 1 unspecified atom stereocenters.